The average Bonchev–Trinajstić information content (AvgIpc) is 3.02. The van der Waals surface area contributed by atoms with Crippen molar-refractivity contribution in [1.29, 1.82) is 0 Å². The van der Waals surface area contributed by atoms with Crippen LogP contribution in [0.4, 0.5) is 9.18 Å². The summed E-state index contributed by atoms with van der Waals surface area (Å²) in [6, 6.07) is -1.04. The van der Waals surface area contributed by atoms with Gasteiger partial charge in [0.2, 0.25) is 0 Å². The largest absolute Gasteiger partial charge is 0.447 e. The van der Waals surface area contributed by atoms with Gasteiger partial charge in [0, 0.05) is 0 Å². The van der Waals surface area contributed by atoms with Crippen molar-refractivity contribution in [3.63, 3.8) is 0 Å². The number of aliphatic hydroxyl groups is 2. The third-order valence-electron chi connectivity index (χ3n) is 5.71. The molecule has 2 rings (SSSR count). The van der Waals surface area contributed by atoms with Crippen molar-refractivity contribution in [3.8, 4) is 0 Å². The molecule has 0 bridgehead atoms. The summed E-state index contributed by atoms with van der Waals surface area (Å²) in [5.74, 6) is -0.256. The normalized spacial score (nSPS) is 30.4. The molecular formula is C19H34FNO6S. The summed E-state index contributed by atoms with van der Waals surface area (Å²) in [7, 11) is -4.00. The van der Waals surface area contributed by atoms with Crippen LogP contribution in [0.2, 0.25) is 0 Å². The molecule has 0 aromatic carbocycles. The number of rotatable bonds is 12. The van der Waals surface area contributed by atoms with Crippen molar-refractivity contribution in [3.05, 3.63) is 0 Å². The van der Waals surface area contributed by atoms with Gasteiger partial charge in [-0.1, -0.05) is 64.7 Å². The minimum atomic E-state index is -4.00. The lowest BCUT2D eigenvalue weighted by Gasteiger charge is -2.42. The quantitative estimate of drug-likeness (QED) is 0.468. The van der Waals surface area contributed by atoms with Crippen LogP contribution in [0, 0.1) is 0 Å². The minimum Gasteiger partial charge on any atom is -0.447 e. The molecule has 2 aliphatic rings. The summed E-state index contributed by atoms with van der Waals surface area (Å²) in [6.45, 7) is 1.93. The number of aliphatic hydroxyl groups excluding tert-OH is 2. The second-order valence-corrected chi connectivity index (χ2v) is 10.1. The molecule has 2 heterocycles. The number of ether oxygens (including phenoxy) is 1. The van der Waals surface area contributed by atoms with Gasteiger partial charge in [-0.25, -0.2) is 17.6 Å². The van der Waals surface area contributed by atoms with Crippen LogP contribution in [0.15, 0.2) is 0 Å². The minimum absolute atomic E-state index is 0.256. The summed E-state index contributed by atoms with van der Waals surface area (Å²) in [5, 5.41) is 18.0. The first kappa shape index (κ1) is 23.3. The number of unbranched alkanes of at least 4 members (excludes halogenated alkanes) is 9. The van der Waals surface area contributed by atoms with Crippen molar-refractivity contribution in [2.45, 2.75) is 101 Å². The van der Waals surface area contributed by atoms with E-state index >= 15 is 0 Å². The zero-order valence-corrected chi connectivity index (χ0v) is 17.4. The lowest BCUT2D eigenvalue weighted by atomic mass is 9.96. The van der Waals surface area contributed by atoms with Crippen LogP contribution in [-0.2, 0) is 14.6 Å². The highest BCUT2D eigenvalue weighted by atomic mass is 32.2. The zero-order valence-electron chi connectivity index (χ0n) is 16.6. The maximum absolute atomic E-state index is 14.6. The van der Waals surface area contributed by atoms with Crippen molar-refractivity contribution in [2.24, 2.45) is 0 Å². The molecule has 0 unspecified atom stereocenters. The molecule has 2 N–H and O–H groups in total. The molecule has 2 saturated heterocycles. The molecule has 0 saturated carbocycles. The maximum Gasteiger partial charge on any atom is 0.411 e. The molecule has 5 atom stereocenters. The fraction of sp³-hybridized carbons (Fsp3) is 0.947. The molecule has 28 heavy (non-hydrogen) atoms. The summed E-state index contributed by atoms with van der Waals surface area (Å²) < 4.78 is 44.7. The van der Waals surface area contributed by atoms with Gasteiger partial charge in [-0.05, 0) is 6.42 Å². The number of piperidine rings is 1. The average molecular weight is 424 g/mol. The molecule has 0 spiro atoms. The number of hydrogen-bond acceptors (Lipinski definition) is 6. The lowest BCUT2D eigenvalue weighted by molar-refractivity contribution is -0.101. The van der Waals surface area contributed by atoms with E-state index in [-0.39, 0.29) is 12.4 Å². The number of hydrogen-bond donors (Lipinski definition) is 2. The molecule has 0 aromatic heterocycles. The Morgan fingerprint density at radius 1 is 1.00 bits per heavy atom. The predicted molar refractivity (Wildman–Crippen MR) is 103 cm³/mol. The Morgan fingerprint density at radius 3 is 2.11 bits per heavy atom. The van der Waals surface area contributed by atoms with Crippen LogP contribution in [0.5, 0.6) is 0 Å². The third kappa shape index (κ3) is 5.57. The van der Waals surface area contributed by atoms with Crippen LogP contribution >= 0.6 is 0 Å². The van der Waals surface area contributed by atoms with Gasteiger partial charge < -0.3 is 14.9 Å². The highest BCUT2D eigenvalue weighted by molar-refractivity contribution is 7.92. The Hall–Kier alpha value is -0.930. The van der Waals surface area contributed by atoms with Gasteiger partial charge in [0.25, 0.3) is 0 Å². The van der Waals surface area contributed by atoms with Crippen LogP contribution in [0.1, 0.15) is 71.1 Å². The number of carbonyl (C=O) groups excluding carboxylic acids is 1. The second-order valence-electron chi connectivity index (χ2n) is 7.92. The first-order valence-electron chi connectivity index (χ1n) is 10.5. The number of alkyl halides is 1. The van der Waals surface area contributed by atoms with Crippen molar-refractivity contribution >= 4 is 15.9 Å². The van der Waals surface area contributed by atoms with E-state index in [0.29, 0.717) is 6.42 Å². The number of sulfone groups is 1. The molecule has 0 radical (unpaired) electrons. The Kier molecular flexibility index (Phi) is 8.95. The molecule has 9 heteroatoms. The van der Waals surface area contributed by atoms with E-state index in [1.54, 1.807) is 0 Å². The summed E-state index contributed by atoms with van der Waals surface area (Å²) in [4.78, 5) is 12.6. The standard InChI is InChI=1S/C19H34FNO6S/c1-2-3-4-5-6-7-8-9-10-11-12-28(25,26)18-15(20)17(23)16(22)14-13-27-19(24)21(14)18/h14-18,22-23H,2-13H2,1H3/t14-,15+,16-,17-,18-/m1/s1. The highest BCUT2D eigenvalue weighted by Gasteiger charge is 2.58. The molecule has 2 fully saturated rings. The summed E-state index contributed by atoms with van der Waals surface area (Å²) in [6.07, 6.45) is 3.75. The van der Waals surface area contributed by atoms with E-state index in [4.69, 9.17) is 4.74 Å². The molecule has 0 aliphatic carbocycles. The highest BCUT2D eigenvalue weighted by Crippen LogP contribution is 2.34. The molecule has 2 aliphatic heterocycles. The SMILES string of the molecule is CCCCCCCCCCCCS(=O)(=O)[C@@H]1[C@@H](F)[C@@H](O)[C@H](O)[C@H]2COC(=O)N21. The molecule has 1 amide bonds. The van der Waals surface area contributed by atoms with Gasteiger partial charge in [0.1, 0.15) is 18.8 Å². The van der Waals surface area contributed by atoms with Crippen molar-refractivity contribution in [2.75, 3.05) is 12.4 Å². The second kappa shape index (κ2) is 10.7. The van der Waals surface area contributed by atoms with E-state index in [1.807, 2.05) is 0 Å². The summed E-state index contributed by atoms with van der Waals surface area (Å²) >= 11 is 0. The Labute approximate surface area is 167 Å². The van der Waals surface area contributed by atoms with E-state index < -0.39 is 45.7 Å². The number of nitrogens with zero attached hydrogens (tertiary/aromatic N) is 1. The number of cyclic esters (lactones) is 1. The number of fused-ring (bicyclic) bond motifs is 1. The molecular weight excluding hydrogens is 389 g/mol. The number of carbonyl (C=O) groups is 1. The first-order valence-corrected chi connectivity index (χ1v) is 12.2. The number of amides is 1. The van der Waals surface area contributed by atoms with E-state index in [0.717, 1.165) is 30.6 Å². The molecule has 7 nitrogen and oxygen atoms in total. The monoisotopic (exact) mass is 423 g/mol. The number of halogens is 1. The van der Waals surface area contributed by atoms with Gasteiger partial charge in [-0.15, -0.1) is 0 Å². The van der Waals surface area contributed by atoms with Crippen molar-refractivity contribution in [1.82, 2.24) is 4.90 Å². The maximum atomic E-state index is 14.6. The molecule has 164 valence electrons. The first-order chi connectivity index (χ1) is 13.3. The van der Waals surface area contributed by atoms with Gasteiger partial charge in [0.05, 0.1) is 11.8 Å². The Balaban J connectivity index is 1.79. The fourth-order valence-corrected chi connectivity index (χ4v) is 6.02. The van der Waals surface area contributed by atoms with E-state index in [2.05, 4.69) is 6.92 Å². The fourth-order valence-electron chi connectivity index (χ4n) is 4.02. The smallest absolute Gasteiger partial charge is 0.411 e. The van der Waals surface area contributed by atoms with Crippen molar-refractivity contribution < 1.29 is 32.6 Å². The lowest BCUT2D eigenvalue weighted by Crippen LogP contribution is -2.66. The van der Waals surface area contributed by atoms with Crippen LogP contribution in [0.25, 0.3) is 0 Å². The Bertz CT molecular complexity index is 601. The van der Waals surface area contributed by atoms with E-state index in [1.165, 1.54) is 32.1 Å². The predicted octanol–water partition coefficient (Wildman–Crippen LogP) is 2.54. The van der Waals surface area contributed by atoms with Gasteiger partial charge in [-0.3, -0.25) is 4.90 Å². The molecule has 0 aromatic rings. The topological polar surface area (TPSA) is 104 Å². The van der Waals surface area contributed by atoms with Gasteiger partial charge >= 0.3 is 6.09 Å². The van der Waals surface area contributed by atoms with Crippen LogP contribution in [0.3, 0.4) is 0 Å². The van der Waals surface area contributed by atoms with Crippen LogP contribution < -0.4 is 0 Å². The van der Waals surface area contributed by atoms with Gasteiger partial charge in [0.15, 0.2) is 21.4 Å². The Morgan fingerprint density at radius 2 is 1.54 bits per heavy atom. The van der Waals surface area contributed by atoms with Gasteiger partial charge in [-0.2, -0.15) is 0 Å². The van der Waals surface area contributed by atoms with E-state index in [9.17, 15) is 27.8 Å². The third-order valence-corrected chi connectivity index (χ3v) is 7.79. The zero-order chi connectivity index (χ0) is 20.7. The summed E-state index contributed by atoms with van der Waals surface area (Å²) in [5.41, 5.74) is 0. The van der Waals surface area contributed by atoms with Crippen LogP contribution in [-0.4, -0.2) is 71.8 Å².